The van der Waals surface area contributed by atoms with Crippen molar-refractivity contribution in [3.05, 3.63) is 21.3 Å². The molecule has 1 aromatic heterocycles. The van der Waals surface area contributed by atoms with Crippen molar-refractivity contribution < 1.29 is 0 Å². The standard InChI is InChI=1S/C14H22ClNS/c1-3-9-16-13(12-11(15)6-10-17-12)14(2)7-4-5-8-14/h6,10,13,16H,3-5,7-9H2,1-2H3. The summed E-state index contributed by atoms with van der Waals surface area (Å²) in [5.41, 5.74) is 0.393. The largest absolute Gasteiger partial charge is 0.309 e. The zero-order valence-corrected chi connectivity index (χ0v) is 12.3. The molecule has 2 rings (SSSR count). The molecule has 1 heterocycles. The van der Waals surface area contributed by atoms with Crippen molar-refractivity contribution in [2.75, 3.05) is 6.54 Å². The summed E-state index contributed by atoms with van der Waals surface area (Å²) in [6.45, 7) is 5.72. The highest BCUT2D eigenvalue weighted by molar-refractivity contribution is 7.10. The van der Waals surface area contributed by atoms with Gasteiger partial charge in [-0.1, -0.05) is 38.3 Å². The van der Waals surface area contributed by atoms with Crippen LogP contribution >= 0.6 is 22.9 Å². The fourth-order valence-corrected chi connectivity index (χ4v) is 4.34. The van der Waals surface area contributed by atoms with E-state index in [1.807, 2.05) is 6.07 Å². The van der Waals surface area contributed by atoms with Gasteiger partial charge in [-0.2, -0.15) is 0 Å². The third kappa shape index (κ3) is 2.86. The second-order valence-corrected chi connectivity index (χ2v) is 6.74. The molecular weight excluding hydrogens is 250 g/mol. The molecule has 0 spiro atoms. The van der Waals surface area contributed by atoms with Gasteiger partial charge >= 0.3 is 0 Å². The van der Waals surface area contributed by atoms with E-state index in [9.17, 15) is 0 Å². The highest BCUT2D eigenvalue weighted by Crippen LogP contribution is 2.49. The predicted octanol–water partition coefficient (Wildman–Crippen LogP) is 5.02. The molecule has 96 valence electrons. The topological polar surface area (TPSA) is 12.0 Å². The van der Waals surface area contributed by atoms with Gasteiger partial charge in [0.25, 0.3) is 0 Å². The average Bonchev–Trinajstić information content (AvgIpc) is 2.90. The molecule has 1 saturated carbocycles. The molecule has 1 nitrogen and oxygen atoms in total. The van der Waals surface area contributed by atoms with Gasteiger partial charge in [-0.05, 0) is 42.7 Å². The Bertz CT molecular complexity index is 355. The van der Waals surface area contributed by atoms with Gasteiger partial charge in [0.1, 0.15) is 0 Å². The Morgan fingerprint density at radius 1 is 1.47 bits per heavy atom. The summed E-state index contributed by atoms with van der Waals surface area (Å²) in [7, 11) is 0. The Hall–Kier alpha value is -0.0500. The van der Waals surface area contributed by atoms with E-state index in [4.69, 9.17) is 11.6 Å². The van der Waals surface area contributed by atoms with E-state index >= 15 is 0 Å². The molecule has 0 aliphatic heterocycles. The van der Waals surface area contributed by atoms with Crippen LogP contribution in [0.15, 0.2) is 11.4 Å². The van der Waals surface area contributed by atoms with Gasteiger partial charge in [0.05, 0.1) is 5.02 Å². The van der Waals surface area contributed by atoms with Gasteiger partial charge in [-0.3, -0.25) is 0 Å². The lowest BCUT2D eigenvalue weighted by Crippen LogP contribution is -2.34. The van der Waals surface area contributed by atoms with Crippen molar-refractivity contribution >= 4 is 22.9 Å². The van der Waals surface area contributed by atoms with Crippen LogP contribution in [-0.2, 0) is 0 Å². The molecule has 1 atom stereocenters. The normalized spacial score (nSPS) is 20.6. The Morgan fingerprint density at radius 3 is 2.71 bits per heavy atom. The molecule has 0 radical (unpaired) electrons. The predicted molar refractivity (Wildman–Crippen MR) is 76.9 cm³/mol. The summed E-state index contributed by atoms with van der Waals surface area (Å²) < 4.78 is 0. The second kappa shape index (κ2) is 5.73. The lowest BCUT2D eigenvalue weighted by atomic mass is 9.79. The Labute approximate surface area is 114 Å². The summed E-state index contributed by atoms with van der Waals surface area (Å²) in [6.07, 6.45) is 6.55. The Morgan fingerprint density at radius 2 is 2.18 bits per heavy atom. The molecule has 3 heteroatoms. The van der Waals surface area contributed by atoms with E-state index in [0.29, 0.717) is 11.5 Å². The molecule has 1 aromatic rings. The van der Waals surface area contributed by atoms with Crippen LogP contribution in [0, 0.1) is 5.41 Å². The lowest BCUT2D eigenvalue weighted by molar-refractivity contribution is 0.227. The summed E-state index contributed by atoms with van der Waals surface area (Å²) in [5, 5.41) is 6.77. The van der Waals surface area contributed by atoms with Crippen LogP contribution in [0.25, 0.3) is 0 Å². The zero-order valence-electron chi connectivity index (χ0n) is 10.8. The number of nitrogens with one attached hydrogen (secondary N) is 1. The third-order valence-electron chi connectivity index (χ3n) is 3.95. The van der Waals surface area contributed by atoms with E-state index in [1.54, 1.807) is 11.3 Å². The summed E-state index contributed by atoms with van der Waals surface area (Å²) in [5.74, 6) is 0. The van der Waals surface area contributed by atoms with Gasteiger partial charge in [0.15, 0.2) is 0 Å². The minimum absolute atomic E-state index is 0.393. The van der Waals surface area contributed by atoms with E-state index in [1.165, 1.54) is 37.0 Å². The first-order valence-corrected chi connectivity index (χ1v) is 7.89. The van der Waals surface area contributed by atoms with E-state index in [0.717, 1.165) is 11.6 Å². The maximum atomic E-state index is 6.32. The minimum Gasteiger partial charge on any atom is -0.309 e. The molecule has 17 heavy (non-hydrogen) atoms. The highest BCUT2D eigenvalue weighted by Gasteiger charge is 2.38. The molecule has 0 amide bonds. The van der Waals surface area contributed by atoms with Gasteiger partial charge in [-0.15, -0.1) is 11.3 Å². The van der Waals surface area contributed by atoms with Crippen LogP contribution in [0.5, 0.6) is 0 Å². The molecular formula is C14H22ClNS. The maximum Gasteiger partial charge on any atom is 0.0561 e. The first kappa shape index (κ1) is 13.4. The molecule has 1 aliphatic rings. The molecule has 0 saturated heterocycles. The van der Waals surface area contributed by atoms with Crippen LogP contribution in [0.4, 0.5) is 0 Å². The molecule has 1 N–H and O–H groups in total. The molecule has 0 aromatic carbocycles. The van der Waals surface area contributed by atoms with Crippen molar-refractivity contribution in [2.45, 2.75) is 52.0 Å². The van der Waals surface area contributed by atoms with Gasteiger partial charge in [0.2, 0.25) is 0 Å². The summed E-state index contributed by atoms with van der Waals surface area (Å²) in [6, 6.07) is 2.47. The van der Waals surface area contributed by atoms with E-state index in [-0.39, 0.29) is 0 Å². The fourth-order valence-electron chi connectivity index (χ4n) is 2.93. The maximum absolute atomic E-state index is 6.32. The van der Waals surface area contributed by atoms with Crippen molar-refractivity contribution in [1.29, 1.82) is 0 Å². The molecule has 1 fully saturated rings. The SMILES string of the molecule is CCCNC(c1sccc1Cl)C1(C)CCCC1. The number of hydrogen-bond donors (Lipinski definition) is 1. The molecule has 1 aliphatic carbocycles. The van der Waals surface area contributed by atoms with Crippen molar-refractivity contribution in [1.82, 2.24) is 5.32 Å². The zero-order chi connectivity index (χ0) is 12.3. The molecule has 0 bridgehead atoms. The Kier molecular flexibility index (Phi) is 4.51. The van der Waals surface area contributed by atoms with Gasteiger partial charge in [0, 0.05) is 10.9 Å². The first-order valence-electron chi connectivity index (χ1n) is 6.63. The monoisotopic (exact) mass is 271 g/mol. The second-order valence-electron chi connectivity index (χ2n) is 5.38. The van der Waals surface area contributed by atoms with Gasteiger partial charge < -0.3 is 5.32 Å². The van der Waals surface area contributed by atoms with Crippen LogP contribution in [0.2, 0.25) is 5.02 Å². The smallest absolute Gasteiger partial charge is 0.0561 e. The number of hydrogen-bond acceptors (Lipinski definition) is 2. The van der Waals surface area contributed by atoms with Crippen LogP contribution in [0.1, 0.15) is 56.9 Å². The average molecular weight is 272 g/mol. The van der Waals surface area contributed by atoms with E-state index in [2.05, 4.69) is 24.5 Å². The minimum atomic E-state index is 0.393. The highest BCUT2D eigenvalue weighted by atomic mass is 35.5. The fraction of sp³-hybridized carbons (Fsp3) is 0.714. The van der Waals surface area contributed by atoms with Crippen LogP contribution in [0.3, 0.4) is 0 Å². The summed E-state index contributed by atoms with van der Waals surface area (Å²) in [4.78, 5) is 1.34. The quantitative estimate of drug-likeness (QED) is 0.793. The Balaban J connectivity index is 2.21. The van der Waals surface area contributed by atoms with Crippen molar-refractivity contribution in [3.63, 3.8) is 0 Å². The van der Waals surface area contributed by atoms with Crippen LogP contribution in [-0.4, -0.2) is 6.54 Å². The lowest BCUT2D eigenvalue weighted by Gasteiger charge is -2.34. The van der Waals surface area contributed by atoms with E-state index < -0.39 is 0 Å². The first-order chi connectivity index (χ1) is 8.17. The van der Waals surface area contributed by atoms with Crippen LogP contribution < -0.4 is 5.32 Å². The molecule has 1 unspecified atom stereocenters. The number of rotatable bonds is 5. The third-order valence-corrected chi connectivity index (χ3v) is 5.37. The van der Waals surface area contributed by atoms with Crippen molar-refractivity contribution in [3.8, 4) is 0 Å². The number of halogens is 1. The van der Waals surface area contributed by atoms with Gasteiger partial charge in [-0.25, -0.2) is 0 Å². The van der Waals surface area contributed by atoms with Crippen molar-refractivity contribution in [2.24, 2.45) is 5.41 Å². The number of thiophene rings is 1. The summed E-state index contributed by atoms with van der Waals surface area (Å²) >= 11 is 8.12.